The van der Waals surface area contributed by atoms with E-state index in [1.165, 1.54) is 0 Å². The third-order valence-corrected chi connectivity index (χ3v) is 6.11. The highest BCUT2D eigenvalue weighted by Gasteiger charge is 2.33. The van der Waals surface area contributed by atoms with Crippen LogP contribution in [0.15, 0.2) is 29.2 Å². The quantitative estimate of drug-likeness (QED) is 0.878. The zero-order valence-corrected chi connectivity index (χ0v) is 14.0. The average molecular weight is 310 g/mol. The second-order valence-corrected chi connectivity index (χ2v) is 8.02. The van der Waals surface area contributed by atoms with E-state index in [4.69, 9.17) is 0 Å². The Balaban J connectivity index is 2.16. The highest BCUT2D eigenvalue weighted by Crippen LogP contribution is 2.28. The van der Waals surface area contributed by atoms with Gasteiger partial charge in [-0.05, 0) is 42.5 Å². The number of benzene rings is 1. The van der Waals surface area contributed by atoms with Gasteiger partial charge in [0.1, 0.15) is 0 Å². The zero-order chi connectivity index (χ0) is 15.5. The molecule has 0 saturated carbocycles. The summed E-state index contributed by atoms with van der Waals surface area (Å²) in [4.78, 5) is 0.419. The lowest BCUT2D eigenvalue weighted by molar-refractivity contribution is 0.388. The van der Waals surface area contributed by atoms with Gasteiger partial charge in [0.25, 0.3) is 0 Å². The number of nitrogens with zero attached hydrogens (tertiary/aromatic N) is 1. The van der Waals surface area contributed by atoms with Crippen molar-refractivity contribution in [2.45, 2.75) is 38.6 Å². The predicted octanol–water partition coefficient (Wildman–Crippen LogP) is 2.46. The first kappa shape index (κ1) is 16.5. The minimum Gasteiger partial charge on any atom is -0.313 e. The molecule has 1 aliphatic rings. The molecule has 1 aromatic carbocycles. The fourth-order valence-electron chi connectivity index (χ4n) is 2.75. The van der Waals surface area contributed by atoms with Gasteiger partial charge in [0, 0.05) is 19.6 Å². The minimum atomic E-state index is -3.35. The summed E-state index contributed by atoms with van der Waals surface area (Å²) in [5, 5.41) is 3.23. The van der Waals surface area contributed by atoms with Gasteiger partial charge in [0.2, 0.25) is 10.0 Å². The molecule has 1 N–H and O–H groups in total. The van der Waals surface area contributed by atoms with Gasteiger partial charge >= 0.3 is 0 Å². The lowest BCUT2D eigenvalue weighted by atomic mass is 9.96. The molecule has 1 saturated heterocycles. The molecule has 0 amide bonds. The van der Waals surface area contributed by atoms with E-state index < -0.39 is 10.0 Å². The summed E-state index contributed by atoms with van der Waals surface area (Å²) >= 11 is 0. The molecule has 1 unspecified atom stereocenters. The van der Waals surface area contributed by atoms with Crippen molar-refractivity contribution < 1.29 is 8.42 Å². The van der Waals surface area contributed by atoms with Gasteiger partial charge in [-0.1, -0.05) is 32.9 Å². The zero-order valence-electron chi connectivity index (χ0n) is 13.2. The molecule has 1 aliphatic heterocycles. The van der Waals surface area contributed by atoms with E-state index in [0.717, 1.165) is 18.5 Å². The molecule has 118 valence electrons. The standard InChI is InChI=1S/C16H26N2O2S/c1-4-17-11-14-6-5-7-16(10-14)21(19,20)18-9-8-15(12-18)13(2)3/h5-7,10,13,15,17H,4,8-9,11-12H2,1-3H3. The number of rotatable bonds is 6. The number of sulfonamides is 1. The van der Waals surface area contributed by atoms with Gasteiger partial charge in [-0.2, -0.15) is 4.31 Å². The maximum Gasteiger partial charge on any atom is 0.243 e. The summed E-state index contributed by atoms with van der Waals surface area (Å²) in [5.41, 5.74) is 1.01. The molecule has 4 nitrogen and oxygen atoms in total. The van der Waals surface area contributed by atoms with Crippen LogP contribution in [-0.2, 0) is 16.6 Å². The Labute approximate surface area is 128 Å². The Hall–Kier alpha value is -0.910. The van der Waals surface area contributed by atoms with Gasteiger partial charge in [-0.15, -0.1) is 0 Å². The molecule has 0 aliphatic carbocycles. The highest BCUT2D eigenvalue weighted by atomic mass is 32.2. The van der Waals surface area contributed by atoms with Crippen LogP contribution < -0.4 is 5.32 Å². The Morgan fingerprint density at radius 2 is 2.14 bits per heavy atom. The summed E-state index contributed by atoms with van der Waals surface area (Å²) in [6, 6.07) is 7.28. The maximum absolute atomic E-state index is 12.7. The third kappa shape index (κ3) is 3.84. The number of nitrogens with one attached hydrogen (secondary N) is 1. The van der Waals surface area contributed by atoms with Gasteiger partial charge in [-0.25, -0.2) is 8.42 Å². The van der Waals surface area contributed by atoms with Crippen molar-refractivity contribution in [1.29, 1.82) is 0 Å². The summed E-state index contributed by atoms with van der Waals surface area (Å²) in [5.74, 6) is 1.01. The smallest absolute Gasteiger partial charge is 0.243 e. The third-order valence-electron chi connectivity index (χ3n) is 4.25. The lowest BCUT2D eigenvalue weighted by Gasteiger charge is -2.18. The summed E-state index contributed by atoms with van der Waals surface area (Å²) < 4.78 is 27.1. The van der Waals surface area contributed by atoms with E-state index >= 15 is 0 Å². The monoisotopic (exact) mass is 310 g/mol. The molecule has 0 spiro atoms. The van der Waals surface area contributed by atoms with E-state index in [2.05, 4.69) is 19.2 Å². The van der Waals surface area contributed by atoms with E-state index in [0.29, 0.717) is 36.4 Å². The van der Waals surface area contributed by atoms with Gasteiger partial charge < -0.3 is 5.32 Å². The van der Waals surface area contributed by atoms with E-state index in [1.54, 1.807) is 16.4 Å². The van der Waals surface area contributed by atoms with Crippen LogP contribution in [0.1, 0.15) is 32.8 Å². The second kappa shape index (κ2) is 6.90. The summed E-state index contributed by atoms with van der Waals surface area (Å²) in [7, 11) is -3.35. The maximum atomic E-state index is 12.7. The topological polar surface area (TPSA) is 49.4 Å². The van der Waals surface area contributed by atoms with Crippen LogP contribution in [0.25, 0.3) is 0 Å². The summed E-state index contributed by atoms with van der Waals surface area (Å²) in [6.07, 6.45) is 0.966. The van der Waals surface area contributed by atoms with Crippen molar-refractivity contribution in [2.75, 3.05) is 19.6 Å². The van der Waals surface area contributed by atoms with Crippen LogP contribution in [0.3, 0.4) is 0 Å². The van der Waals surface area contributed by atoms with E-state index in [1.807, 2.05) is 19.1 Å². The molecule has 21 heavy (non-hydrogen) atoms. The van der Waals surface area contributed by atoms with Crippen molar-refractivity contribution >= 4 is 10.0 Å². The van der Waals surface area contributed by atoms with Crippen LogP contribution in [-0.4, -0.2) is 32.4 Å². The minimum absolute atomic E-state index is 0.419. The average Bonchev–Trinajstić information content (AvgIpc) is 2.96. The Morgan fingerprint density at radius 3 is 2.76 bits per heavy atom. The molecule has 1 heterocycles. The van der Waals surface area contributed by atoms with Crippen molar-refractivity contribution in [3.63, 3.8) is 0 Å². The highest BCUT2D eigenvalue weighted by molar-refractivity contribution is 7.89. The fourth-order valence-corrected chi connectivity index (χ4v) is 4.33. The van der Waals surface area contributed by atoms with Crippen molar-refractivity contribution in [2.24, 2.45) is 11.8 Å². The van der Waals surface area contributed by atoms with Crippen molar-refractivity contribution in [1.82, 2.24) is 9.62 Å². The molecule has 0 bridgehead atoms. The molecule has 1 aromatic rings. The van der Waals surface area contributed by atoms with Crippen LogP contribution in [0.5, 0.6) is 0 Å². The van der Waals surface area contributed by atoms with Crippen LogP contribution in [0, 0.1) is 11.8 Å². The molecular weight excluding hydrogens is 284 g/mol. The first-order chi connectivity index (χ1) is 9.95. The van der Waals surface area contributed by atoms with Crippen molar-refractivity contribution in [3.8, 4) is 0 Å². The van der Waals surface area contributed by atoms with Gasteiger partial charge in [0.15, 0.2) is 0 Å². The van der Waals surface area contributed by atoms with Crippen molar-refractivity contribution in [3.05, 3.63) is 29.8 Å². The van der Waals surface area contributed by atoms with Gasteiger partial charge in [-0.3, -0.25) is 0 Å². The molecule has 5 heteroatoms. The predicted molar refractivity (Wildman–Crippen MR) is 85.5 cm³/mol. The first-order valence-electron chi connectivity index (χ1n) is 7.75. The van der Waals surface area contributed by atoms with Crippen LogP contribution in [0.2, 0.25) is 0 Å². The molecule has 1 atom stereocenters. The molecular formula is C16H26N2O2S. The van der Waals surface area contributed by atoms with E-state index in [-0.39, 0.29) is 0 Å². The number of hydrogen-bond donors (Lipinski definition) is 1. The van der Waals surface area contributed by atoms with E-state index in [9.17, 15) is 8.42 Å². The molecule has 0 radical (unpaired) electrons. The number of hydrogen-bond acceptors (Lipinski definition) is 3. The Morgan fingerprint density at radius 1 is 1.38 bits per heavy atom. The molecule has 0 aromatic heterocycles. The van der Waals surface area contributed by atoms with Gasteiger partial charge in [0.05, 0.1) is 4.90 Å². The first-order valence-corrected chi connectivity index (χ1v) is 9.19. The second-order valence-electron chi connectivity index (χ2n) is 6.08. The largest absolute Gasteiger partial charge is 0.313 e. The Bertz CT molecular complexity index is 569. The SMILES string of the molecule is CCNCc1cccc(S(=O)(=O)N2CCC(C(C)C)C2)c1. The normalized spacial score (nSPS) is 20.3. The molecule has 1 fully saturated rings. The van der Waals surface area contributed by atoms with Crippen LogP contribution in [0.4, 0.5) is 0 Å². The lowest BCUT2D eigenvalue weighted by Crippen LogP contribution is -2.29. The summed E-state index contributed by atoms with van der Waals surface area (Å²) in [6.45, 7) is 9.24. The molecule has 2 rings (SSSR count). The fraction of sp³-hybridized carbons (Fsp3) is 0.625. The Kier molecular flexibility index (Phi) is 5.41. The van der Waals surface area contributed by atoms with Crippen LogP contribution >= 0.6 is 0 Å².